The molecule has 2 aromatic rings. The number of aliphatic imine (C=N–C) groups is 1. The smallest absolute Gasteiger partial charge is 0.236 e. The fraction of sp³-hybridized carbons (Fsp3) is 0.619. The van der Waals surface area contributed by atoms with Crippen LogP contribution in [0.2, 0.25) is 0 Å². The summed E-state index contributed by atoms with van der Waals surface area (Å²) in [5.41, 5.74) is 0. The first-order valence-corrected chi connectivity index (χ1v) is 11.2. The molecule has 1 amide bonds. The van der Waals surface area contributed by atoms with Gasteiger partial charge in [-0.05, 0) is 31.9 Å². The second-order valence-electron chi connectivity index (χ2n) is 7.92. The molecule has 0 unspecified atom stereocenters. The Hall–Kier alpha value is -2.15. The molecule has 2 aliphatic rings. The van der Waals surface area contributed by atoms with Gasteiger partial charge in [-0.15, -0.1) is 24.0 Å². The molecule has 176 valence electrons. The van der Waals surface area contributed by atoms with Gasteiger partial charge in [0.25, 0.3) is 0 Å². The standard InChI is InChI=1S/C21H32N8O2.HI/c1-2-22-21(23-8-7-18-24-20(26-25-18)17-6-5-15-31-17)29-13-11-27(12-14-29)16-19(30)28-9-3-4-10-28;/h5-6,15H,2-4,7-14,16H2,1H3,(H,22,23)(H,24,25,26);1H. The number of piperazine rings is 1. The van der Waals surface area contributed by atoms with E-state index < -0.39 is 0 Å². The Labute approximate surface area is 205 Å². The summed E-state index contributed by atoms with van der Waals surface area (Å²) in [4.78, 5) is 28.2. The molecule has 0 spiro atoms. The highest BCUT2D eigenvalue weighted by atomic mass is 127. The van der Waals surface area contributed by atoms with Crippen molar-refractivity contribution in [2.75, 3.05) is 58.9 Å². The number of hydrogen-bond donors (Lipinski definition) is 2. The first-order chi connectivity index (χ1) is 15.2. The molecular weight excluding hydrogens is 523 g/mol. The van der Waals surface area contributed by atoms with Crippen molar-refractivity contribution in [3.8, 4) is 11.6 Å². The molecule has 0 bridgehead atoms. The molecule has 2 saturated heterocycles. The van der Waals surface area contributed by atoms with E-state index in [1.165, 1.54) is 0 Å². The van der Waals surface area contributed by atoms with Crippen molar-refractivity contribution in [3.63, 3.8) is 0 Å². The molecule has 32 heavy (non-hydrogen) atoms. The van der Waals surface area contributed by atoms with E-state index in [9.17, 15) is 4.79 Å². The number of furan rings is 1. The molecule has 2 aliphatic heterocycles. The van der Waals surface area contributed by atoms with Gasteiger partial charge in [0.1, 0.15) is 5.82 Å². The molecule has 0 radical (unpaired) electrons. The normalized spacial score (nSPS) is 17.5. The third-order valence-electron chi connectivity index (χ3n) is 5.71. The zero-order chi connectivity index (χ0) is 21.5. The number of likely N-dealkylation sites (tertiary alicyclic amines) is 1. The van der Waals surface area contributed by atoms with Gasteiger partial charge in [-0.3, -0.25) is 19.8 Å². The molecule has 2 fully saturated rings. The number of amides is 1. The second-order valence-corrected chi connectivity index (χ2v) is 7.92. The maximum Gasteiger partial charge on any atom is 0.236 e. The van der Waals surface area contributed by atoms with Crippen LogP contribution in [0.3, 0.4) is 0 Å². The number of guanidine groups is 1. The summed E-state index contributed by atoms with van der Waals surface area (Å²) in [6.45, 7) is 9.36. The highest BCUT2D eigenvalue weighted by Gasteiger charge is 2.24. The largest absolute Gasteiger partial charge is 0.461 e. The summed E-state index contributed by atoms with van der Waals surface area (Å²) < 4.78 is 5.33. The van der Waals surface area contributed by atoms with E-state index in [1.807, 2.05) is 17.0 Å². The Morgan fingerprint density at radius 2 is 1.97 bits per heavy atom. The molecule has 0 aliphatic carbocycles. The van der Waals surface area contributed by atoms with Crippen LogP contribution >= 0.6 is 24.0 Å². The number of aromatic nitrogens is 3. The number of H-pyrrole nitrogens is 1. The predicted octanol–water partition coefficient (Wildman–Crippen LogP) is 1.43. The van der Waals surface area contributed by atoms with Gasteiger partial charge < -0.3 is 19.5 Å². The van der Waals surface area contributed by atoms with E-state index in [2.05, 4.69) is 37.2 Å². The number of nitrogens with one attached hydrogen (secondary N) is 2. The van der Waals surface area contributed by atoms with Crippen LogP contribution in [-0.4, -0.2) is 101 Å². The maximum absolute atomic E-state index is 12.4. The lowest BCUT2D eigenvalue weighted by atomic mass is 10.3. The third-order valence-corrected chi connectivity index (χ3v) is 5.71. The van der Waals surface area contributed by atoms with Gasteiger partial charge in [-0.2, -0.15) is 5.10 Å². The summed E-state index contributed by atoms with van der Waals surface area (Å²) in [6.07, 6.45) is 4.56. The topological polar surface area (TPSA) is 106 Å². The van der Waals surface area contributed by atoms with E-state index in [0.717, 1.165) is 70.4 Å². The molecule has 11 heteroatoms. The molecule has 10 nitrogen and oxygen atoms in total. The van der Waals surface area contributed by atoms with Crippen LogP contribution in [0.5, 0.6) is 0 Å². The monoisotopic (exact) mass is 556 g/mol. The number of carbonyl (C=O) groups excluding carboxylic acids is 1. The third kappa shape index (κ3) is 6.44. The van der Waals surface area contributed by atoms with Gasteiger partial charge in [0.15, 0.2) is 11.7 Å². The first-order valence-electron chi connectivity index (χ1n) is 11.2. The van der Waals surface area contributed by atoms with E-state index in [4.69, 9.17) is 9.41 Å². The molecule has 4 heterocycles. The van der Waals surface area contributed by atoms with E-state index >= 15 is 0 Å². The molecule has 2 N–H and O–H groups in total. The van der Waals surface area contributed by atoms with Crippen LogP contribution in [0.15, 0.2) is 27.8 Å². The van der Waals surface area contributed by atoms with Crippen molar-refractivity contribution < 1.29 is 9.21 Å². The summed E-state index contributed by atoms with van der Waals surface area (Å²) in [5, 5.41) is 10.5. The Bertz CT molecular complexity index is 855. The second kappa shape index (κ2) is 12.2. The van der Waals surface area contributed by atoms with Crippen molar-refractivity contribution in [2.45, 2.75) is 26.2 Å². The van der Waals surface area contributed by atoms with Gasteiger partial charge in [0.2, 0.25) is 11.7 Å². The number of halogens is 1. The lowest BCUT2D eigenvalue weighted by Gasteiger charge is -2.36. The number of aromatic amines is 1. The van der Waals surface area contributed by atoms with Crippen molar-refractivity contribution in [3.05, 3.63) is 24.2 Å². The van der Waals surface area contributed by atoms with Crippen LogP contribution in [0.1, 0.15) is 25.6 Å². The van der Waals surface area contributed by atoms with Crippen LogP contribution in [0, 0.1) is 0 Å². The van der Waals surface area contributed by atoms with Gasteiger partial charge in [0.05, 0.1) is 12.8 Å². The van der Waals surface area contributed by atoms with E-state index in [0.29, 0.717) is 31.1 Å². The minimum absolute atomic E-state index is 0. The van der Waals surface area contributed by atoms with Crippen LogP contribution < -0.4 is 5.32 Å². The summed E-state index contributed by atoms with van der Waals surface area (Å²) in [5.74, 6) is 3.19. The van der Waals surface area contributed by atoms with Gasteiger partial charge >= 0.3 is 0 Å². The van der Waals surface area contributed by atoms with Gasteiger partial charge in [0, 0.05) is 58.8 Å². The van der Waals surface area contributed by atoms with Crippen molar-refractivity contribution in [1.29, 1.82) is 0 Å². The van der Waals surface area contributed by atoms with Crippen LogP contribution in [0.4, 0.5) is 0 Å². The molecule has 2 aromatic heterocycles. The van der Waals surface area contributed by atoms with E-state index in [-0.39, 0.29) is 29.9 Å². The SMILES string of the molecule is CCNC(=NCCc1nc(-c2ccco2)n[nH]1)N1CCN(CC(=O)N2CCCC2)CC1.I. The summed E-state index contributed by atoms with van der Waals surface area (Å²) in [6, 6.07) is 3.66. The highest BCUT2D eigenvalue weighted by molar-refractivity contribution is 14.0. The Kier molecular flexibility index (Phi) is 9.33. The summed E-state index contributed by atoms with van der Waals surface area (Å²) in [7, 11) is 0. The lowest BCUT2D eigenvalue weighted by molar-refractivity contribution is -0.131. The van der Waals surface area contributed by atoms with Gasteiger partial charge in [-0.25, -0.2) is 4.98 Å². The van der Waals surface area contributed by atoms with Crippen LogP contribution in [-0.2, 0) is 11.2 Å². The van der Waals surface area contributed by atoms with Crippen molar-refractivity contribution in [1.82, 2.24) is 35.2 Å². The minimum atomic E-state index is 0. The van der Waals surface area contributed by atoms with Crippen LogP contribution in [0.25, 0.3) is 11.6 Å². The van der Waals surface area contributed by atoms with E-state index in [1.54, 1.807) is 6.26 Å². The Morgan fingerprint density at radius 3 is 2.66 bits per heavy atom. The molecule has 4 rings (SSSR count). The molecule has 0 aromatic carbocycles. The zero-order valence-corrected chi connectivity index (χ0v) is 21.0. The average molecular weight is 556 g/mol. The maximum atomic E-state index is 12.4. The number of hydrogen-bond acceptors (Lipinski definition) is 6. The zero-order valence-electron chi connectivity index (χ0n) is 18.6. The first kappa shape index (κ1) is 24.5. The molecular formula is C21H33IN8O2. The lowest BCUT2D eigenvalue weighted by Crippen LogP contribution is -2.54. The predicted molar refractivity (Wildman–Crippen MR) is 133 cm³/mol. The molecule has 0 saturated carbocycles. The Balaban J connectivity index is 0.00000289. The number of nitrogens with zero attached hydrogens (tertiary/aromatic N) is 6. The summed E-state index contributed by atoms with van der Waals surface area (Å²) >= 11 is 0. The molecule has 0 atom stereocenters. The fourth-order valence-corrected chi connectivity index (χ4v) is 3.99. The fourth-order valence-electron chi connectivity index (χ4n) is 3.99. The quantitative estimate of drug-likeness (QED) is 0.302. The van der Waals surface area contributed by atoms with Crippen molar-refractivity contribution in [2.24, 2.45) is 4.99 Å². The average Bonchev–Trinajstić information content (AvgIpc) is 3.56. The number of rotatable bonds is 7. The number of carbonyl (C=O) groups is 1. The minimum Gasteiger partial charge on any atom is -0.461 e. The highest BCUT2D eigenvalue weighted by Crippen LogP contribution is 2.14. The van der Waals surface area contributed by atoms with Crippen molar-refractivity contribution >= 4 is 35.8 Å². The Morgan fingerprint density at radius 1 is 1.19 bits per heavy atom. The van der Waals surface area contributed by atoms with Gasteiger partial charge in [-0.1, -0.05) is 0 Å².